The summed E-state index contributed by atoms with van der Waals surface area (Å²) >= 11 is 0. The maximum absolute atomic E-state index is 11.4. The topological polar surface area (TPSA) is 88.5 Å². The predicted molar refractivity (Wildman–Crippen MR) is 59.2 cm³/mol. The lowest BCUT2D eigenvalue weighted by atomic mass is 10.1. The van der Waals surface area contributed by atoms with Crippen LogP contribution in [0.25, 0.3) is 0 Å². The first-order valence-corrected chi connectivity index (χ1v) is 5.08. The molecular weight excluding hydrogens is 224 g/mol. The number of pyridine rings is 1. The predicted octanol–water partition coefficient (Wildman–Crippen LogP) is 0.360. The van der Waals surface area contributed by atoms with Crippen molar-refractivity contribution in [1.29, 1.82) is 0 Å². The lowest BCUT2D eigenvalue weighted by Crippen LogP contribution is -2.30. The Labute approximate surface area is 98.6 Å². The van der Waals surface area contributed by atoms with Crippen LogP contribution in [0.1, 0.15) is 18.5 Å². The van der Waals surface area contributed by atoms with Crippen molar-refractivity contribution in [3.8, 4) is 0 Å². The fraction of sp³-hybridized carbons (Fsp3) is 0.364. The molecule has 0 spiro atoms. The highest BCUT2D eigenvalue weighted by Crippen LogP contribution is 2.09. The van der Waals surface area contributed by atoms with Crippen molar-refractivity contribution < 1.29 is 19.4 Å². The number of aromatic nitrogens is 1. The summed E-state index contributed by atoms with van der Waals surface area (Å²) in [5, 5.41) is 11.0. The van der Waals surface area contributed by atoms with Crippen LogP contribution in [0.2, 0.25) is 0 Å². The number of ether oxygens (including phenoxy) is 1. The van der Waals surface area contributed by atoms with Crippen LogP contribution >= 0.6 is 0 Å². The number of carbonyl (C=O) groups is 2. The molecule has 1 unspecified atom stereocenters. The molecule has 2 N–H and O–H groups in total. The fourth-order valence-corrected chi connectivity index (χ4v) is 1.25. The molecule has 0 aliphatic carbocycles. The van der Waals surface area contributed by atoms with E-state index < -0.39 is 12.6 Å². The van der Waals surface area contributed by atoms with Gasteiger partial charge in [0.05, 0.1) is 6.04 Å². The second-order valence-electron chi connectivity index (χ2n) is 3.46. The summed E-state index contributed by atoms with van der Waals surface area (Å²) in [5.41, 5.74) is 0.923. The maximum atomic E-state index is 11.4. The Morgan fingerprint density at radius 3 is 2.65 bits per heavy atom. The number of nitrogens with zero attached hydrogens (tertiary/aromatic N) is 1. The van der Waals surface area contributed by atoms with Crippen molar-refractivity contribution >= 4 is 11.9 Å². The zero-order valence-electron chi connectivity index (χ0n) is 9.42. The van der Waals surface area contributed by atoms with Gasteiger partial charge in [0.15, 0.2) is 0 Å². The quantitative estimate of drug-likeness (QED) is 0.747. The molecule has 0 radical (unpaired) electrons. The third-order valence-corrected chi connectivity index (χ3v) is 2.04. The van der Waals surface area contributed by atoms with E-state index in [4.69, 9.17) is 5.11 Å². The van der Waals surface area contributed by atoms with Crippen LogP contribution in [0.4, 0.5) is 0 Å². The molecule has 0 aliphatic rings. The third kappa shape index (κ3) is 5.07. The summed E-state index contributed by atoms with van der Waals surface area (Å²) in [4.78, 5) is 25.4. The Morgan fingerprint density at radius 2 is 2.06 bits per heavy atom. The van der Waals surface area contributed by atoms with E-state index in [1.165, 1.54) is 0 Å². The zero-order chi connectivity index (χ0) is 12.7. The van der Waals surface area contributed by atoms with E-state index in [1.54, 1.807) is 24.5 Å². The normalized spacial score (nSPS) is 11.8. The highest BCUT2D eigenvalue weighted by atomic mass is 16.5. The van der Waals surface area contributed by atoms with Crippen molar-refractivity contribution in [1.82, 2.24) is 10.3 Å². The van der Waals surface area contributed by atoms with E-state index in [2.05, 4.69) is 15.0 Å². The third-order valence-electron chi connectivity index (χ3n) is 2.04. The number of carboxylic acid groups (broad SMARTS) is 1. The second kappa shape index (κ2) is 6.59. The first-order chi connectivity index (χ1) is 8.09. The highest BCUT2D eigenvalue weighted by Gasteiger charge is 2.09. The fourth-order valence-electron chi connectivity index (χ4n) is 1.25. The van der Waals surface area contributed by atoms with Gasteiger partial charge < -0.3 is 15.2 Å². The average molecular weight is 238 g/mol. The molecule has 6 heteroatoms. The van der Waals surface area contributed by atoms with E-state index in [9.17, 15) is 9.59 Å². The number of amides is 1. The lowest BCUT2D eigenvalue weighted by molar-refractivity contribution is -0.143. The van der Waals surface area contributed by atoms with Crippen LogP contribution in [0.3, 0.4) is 0 Å². The summed E-state index contributed by atoms with van der Waals surface area (Å²) in [7, 11) is 0. The smallest absolute Gasteiger partial charge is 0.329 e. The molecule has 1 rings (SSSR count). The Balaban J connectivity index is 2.34. The van der Waals surface area contributed by atoms with Crippen LogP contribution in [0.5, 0.6) is 0 Å². The van der Waals surface area contributed by atoms with Gasteiger partial charge in [0.25, 0.3) is 0 Å². The van der Waals surface area contributed by atoms with Gasteiger partial charge in [0.2, 0.25) is 5.91 Å². The van der Waals surface area contributed by atoms with Gasteiger partial charge in [-0.1, -0.05) is 0 Å². The number of hydrogen-bond acceptors (Lipinski definition) is 4. The van der Waals surface area contributed by atoms with Crippen molar-refractivity contribution in [2.24, 2.45) is 0 Å². The number of nitrogens with one attached hydrogen (secondary N) is 1. The molecule has 0 saturated carbocycles. The molecule has 17 heavy (non-hydrogen) atoms. The monoisotopic (exact) mass is 238 g/mol. The Hall–Kier alpha value is -1.95. The minimum Gasteiger partial charge on any atom is -0.480 e. The first-order valence-electron chi connectivity index (χ1n) is 5.08. The van der Waals surface area contributed by atoms with Crippen LogP contribution in [-0.2, 0) is 14.3 Å². The van der Waals surface area contributed by atoms with Gasteiger partial charge in [-0.25, -0.2) is 4.79 Å². The Kier molecular flexibility index (Phi) is 5.09. The molecule has 0 saturated heterocycles. The number of hydrogen-bond donors (Lipinski definition) is 2. The van der Waals surface area contributed by atoms with Gasteiger partial charge in [-0.15, -0.1) is 0 Å². The number of rotatable bonds is 6. The Bertz CT molecular complexity index is 380. The molecule has 92 valence electrons. The van der Waals surface area contributed by atoms with Crippen molar-refractivity contribution in [2.45, 2.75) is 13.0 Å². The van der Waals surface area contributed by atoms with Crippen LogP contribution in [0.15, 0.2) is 24.5 Å². The van der Waals surface area contributed by atoms with Gasteiger partial charge in [-0.2, -0.15) is 0 Å². The van der Waals surface area contributed by atoms with E-state index in [0.29, 0.717) is 0 Å². The highest BCUT2D eigenvalue weighted by molar-refractivity contribution is 5.78. The molecule has 0 bridgehead atoms. The van der Waals surface area contributed by atoms with Gasteiger partial charge in [-0.05, 0) is 24.6 Å². The molecule has 1 heterocycles. The van der Waals surface area contributed by atoms with E-state index >= 15 is 0 Å². The van der Waals surface area contributed by atoms with Gasteiger partial charge >= 0.3 is 5.97 Å². The summed E-state index contributed by atoms with van der Waals surface area (Å²) in [6.07, 6.45) is 3.28. The van der Waals surface area contributed by atoms with Crippen LogP contribution in [-0.4, -0.2) is 35.2 Å². The van der Waals surface area contributed by atoms with Gasteiger partial charge in [0, 0.05) is 12.4 Å². The largest absolute Gasteiger partial charge is 0.480 e. The van der Waals surface area contributed by atoms with E-state index in [0.717, 1.165) is 5.56 Å². The van der Waals surface area contributed by atoms with Crippen molar-refractivity contribution in [3.05, 3.63) is 30.1 Å². The lowest BCUT2D eigenvalue weighted by Gasteiger charge is -2.13. The molecule has 1 aromatic rings. The maximum Gasteiger partial charge on any atom is 0.329 e. The van der Waals surface area contributed by atoms with Gasteiger partial charge in [-0.3, -0.25) is 9.78 Å². The summed E-state index contributed by atoms with van der Waals surface area (Å²) in [6.45, 7) is 1.09. The van der Waals surface area contributed by atoms with Crippen molar-refractivity contribution in [2.75, 3.05) is 13.2 Å². The Morgan fingerprint density at radius 1 is 1.41 bits per heavy atom. The minimum absolute atomic E-state index is 0.168. The van der Waals surface area contributed by atoms with E-state index in [-0.39, 0.29) is 18.6 Å². The van der Waals surface area contributed by atoms with Gasteiger partial charge in [0.1, 0.15) is 13.2 Å². The minimum atomic E-state index is -1.10. The summed E-state index contributed by atoms with van der Waals surface area (Å²) in [6, 6.07) is 3.42. The van der Waals surface area contributed by atoms with Crippen molar-refractivity contribution in [3.63, 3.8) is 0 Å². The van der Waals surface area contributed by atoms with Crippen LogP contribution in [0, 0.1) is 0 Å². The zero-order valence-corrected chi connectivity index (χ0v) is 9.42. The summed E-state index contributed by atoms with van der Waals surface area (Å²) in [5.74, 6) is -1.45. The molecule has 0 aliphatic heterocycles. The SMILES string of the molecule is CC(NC(=O)COCC(=O)O)c1ccncc1. The van der Waals surface area contributed by atoms with Crippen LogP contribution < -0.4 is 5.32 Å². The molecule has 0 aromatic carbocycles. The molecule has 6 nitrogen and oxygen atoms in total. The molecule has 0 fully saturated rings. The average Bonchev–Trinajstić information content (AvgIpc) is 2.29. The summed E-state index contributed by atoms with van der Waals surface area (Å²) < 4.78 is 4.67. The number of carbonyl (C=O) groups excluding carboxylic acids is 1. The molecular formula is C11H14N2O4. The molecule has 1 atom stereocenters. The molecule has 1 aromatic heterocycles. The first kappa shape index (κ1) is 13.1. The number of aliphatic carboxylic acids is 1. The second-order valence-corrected chi connectivity index (χ2v) is 3.46. The number of carboxylic acids is 1. The standard InChI is InChI=1S/C11H14N2O4/c1-8(9-2-4-12-5-3-9)13-10(14)6-17-7-11(15)16/h2-5,8H,6-7H2,1H3,(H,13,14)(H,15,16). The molecule has 1 amide bonds. The van der Waals surface area contributed by atoms with E-state index in [1.807, 2.05) is 6.92 Å².